The van der Waals surface area contributed by atoms with Gasteiger partial charge in [0.05, 0.1) is 0 Å². The molecule has 1 N–H and O–H groups in total. The first-order valence-electron chi connectivity index (χ1n) is 6.23. The van der Waals surface area contributed by atoms with E-state index in [1.54, 1.807) is 0 Å². The standard InChI is InChI=1S/C12H23NS/c1-2-5-11(4-1)9-14-10-12-6-3-7-13-8-12/h11-13H,1-10H2. The summed E-state index contributed by atoms with van der Waals surface area (Å²) in [5, 5.41) is 3.50. The lowest BCUT2D eigenvalue weighted by molar-refractivity contribution is 0.410. The second kappa shape index (κ2) is 6.02. The van der Waals surface area contributed by atoms with Gasteiger partial charge in [0, 0.05) is 0 Å². The zero-order valence-electron chi connectivity index (χ0n) is 9.13. The largest absolute Gasteiger partial charge is 0.316 e. The van der Waals surface area contributed by atoms with E-state index in [9.17, 15) is 0 Å². The molecule has 2 aliphatic rings. The number of nitrogens with one attached hydrogen (secondary N) is 1. The molecule has 2 rings (SSSR count). The van der Waals surface area contributed by atoms with Gasteiger partial charge in [-0.15, -0.1) is 0 Å². The van der Waals surface area contributed by atoms with Crippen LogP contribution in [0.4, 0.5) is 0 Å². The van der Waals surface area contributed by atoms with E-state index in [1.807, 2.05) is 0 Å². The highest BCUT2D eigenvalue weighted by Crippen LogP contribution is 2.29. The molecular weight excluding hydrogens is 190 g/mol. The quantitative estimate of drug-likeness (QED) is 0.770. The molecule has 1 atom stereocenters. The molecule has 0 bridgehead atoms. The molecule has 1 unspecified atom stereocenters. The van der Waals surface area contributed by atoms with Crippen molar-refractivity contribution in [3.8, 4) is 0 Å². The maximum absolute atomic E-state index is 3.50. The SMILES string of the molecule is C1CCC(CSCC2CCCNC2)C1. The van der Waals surface area contributed by atoms with Gasteiger partial charge in [-0.1, -0.05) is 12.8 Å². The minimum Gasteiger partial charge on any atom is -0.316 e. The zero-order valence-corrected chi connectivity index (χ0v) is 9.95. The van der Waals surface area contributed by atoms with E-state index in [0.29, 0.717) is 0 Å². The van der Waals surface area contributed by atoms with Crippen LogP contribution in [0, 0.1) is 11.8 Å². The molecule has 1 aliphatic heterocycles. The fourth-order valence-electron chi connectivity index (χ4n) is 2.64. The van der Waals surface area contributed by atoms with Crippen molar-refractivity contribution in [1.29, 1.82) is 0 Å². The molecule has 0 radical (unpaired) electrons. The summed E-state index contributed by atoms with van der Waals surface area (Å²) in [4.78, 5) is 0. The van der Waals surface area contributed by atoms with Crippen LogP contribution < -0.4 is 5.32 Å². The second-order valence-electron chi connectivity index (χ2n) is 4.90. The summed E-state index contributed by atoms with van der Waals surface area (Å²) in [6.07, 6.45) is 8.87. The highest BCUT2D eigenvalue weighted by atomic mass is 32.2. The Balaban J connectivity index is 1.52. The van der Waals surface area contributed by atoms with Crippen molar-refractivity contribution in [2.45, 2.75) is 38.5 Å². The summed E-state index contributed by atoms with van der Waals surface area (Å²) >= 11 is 2.22. The molecule has 0 spiro atoms. The minimum atomic E-state index is 0.968. The lowest BCUT2D eigenvalue weighted by Crippen LogP contribution is -2.31. The number of rotatable bonds is 4. The van der Waals surface area contributed by atoms with Gasteiger partial charge >= 0.3 is 0 Å². The van der Waals surface area contributed by atoms with Crippen LogP contribution in [-0.4, -0.2) is 24.6 Å². The average molecular weight is 213 g/mol. The van der Waals surface area contributed by atoms with Gasteiger partial charge in [0.2, 0.25) is 0 Å². The molecule has 1 saturated carbocycles. The number of hydrogen-bond acceptors (Lipinski definition) is 2. The van der Waals surface area contributed by atoms with Crippen LogP contribution >= 0.6 is 11.8 Å². The van der Waals surface area contributed by atoms with E-state index in [2.05, 4.69) is 17.1 Å². The maximum atomic E-state index is 3.50. The van der Waals surface area contributed by atoms with E-state index >= 15 is 0 Å². The van der Waals surface area contributed by atoms with E-state index in [1.165, 1.54) is 63.1 Å². The van der Waals surface area contributed by atoms with Crippen LogP contribution in [0.15, 0.2) is 0 Å². The first-order chi connectivity index (χ1) is 6.95. The van der Waals surface area contributed by atoms with Crippen molar-refractivity contribution >= 4 is 11.8 Å². The molecule has 1 aliphatic carbocycles. The Morgan fingerprint density at radius 2 is 1.64 bits per heavy atom. The van der Waals surface area contributed by atoms with E-state index in [0.717, 1.165) is 11.8 Å². The Bertz CT molecular complexity index is 148. The molecule has 0 aromatic carbocycles. The van der Waals surface area contributed by atoms with E-state index in [4.69, 9.17) is 0 Å². The first-order valence-corrected chi connectivity index (χ1v) is 7.39. The third-order valence-electron chi connectivity index (χ3n) is 3.58. The maximum Gasteiger partial charge on any atom is -0.00126 e. The summed E-state index contributed by atoms with van der Waals surface area (Å²) in [5.74, 6) is 4.88. The zero-order chi connectivity index (χ0) is 9.64. The molecule has 2 fully saturated rings. The van der Waals surface area contributed by atoms with Crippen LogP contribution in [-0.2, 0) is 0 Å². The van der Waals surface area contributed by atoms with E-state index < -0.39 is 0 Å². The van der Waals surface area contributed by atoms with Gasteiger partial charge in [-0.2, -0.15) is 11.8 Å². The van der Waals surface area contributed by atoms with Gasteiger partial charge in [0.1, 0.15) is 0 Å². The summed E-state index contributed by atoms with van der Waals surface area (Å²) in [6, 6.07) is 0. The minimum absolute atomic E-state index is 0.968. The lowest BCUT2D eigenvalue weighted by atomic mass is 10.0. The first kappa shape index (κ1) is 10.8. The van der Waals surface area contributed by atoms with Crippen molar-refractivity contribution in [3.63, 3.8) is 0 Å². The molecule has 2 heteroatoms. The number of thioether (sulfide) groups is 1. The van der Waals surface area contributed by atoms with Gasteiger partial charge in [0.15, 0.2) is 0 Å². The Morgan fingerprint density at radius 3 is 2.36 bits per heavy atom. The van der Waals surface area contributed by atoms with Gasteiger partial charge in [-0.25, -0.2) is 0 Å². The monoisotopic (exact) mass is 213 g/mol. The van der Waals surface area contributed by atoms with Crippen molar-refractivity contribution < 1.29 is 0 Å². The summed E-state index contributed by atoms with van der Waals surface area (Å²) < 4.78 is 0. The number of piperidine rings is 1. The van der Waals surface area contributed by atoms with Crippen LogP contribution in [0.5, 0.6) is 0 Å². The Morgan fingerprint density at radius 1 is 0.929 bits per heavy atom. The predicted molar refractivity (Wildman–Crippen MR) is 64.9 cm³/mol. The van der Waals surface area contributed by atoms with Gasteiger partial charge in [0.25, 0.3) is 0 Å². The molecule has 0 aromatic heterocycles. The Kier molecular flexibility index (Phi) is 4.65. The van der Waals surface area contributed by atoms with Gasteiger partial charge in [-0.3, -0.25) is 0 Å². The Labute approximate surface area is 92.4 Å². The van der Waals surface area contributed by atoms with Gasteiger partial charge in [-0.05, 0) is 62.1 Å². The molecule has 1 nitrogen and oxygen atoms in total. The lowest BCUT2D eigenvalue weighted by Gasteiger charge is -2.22. The topological polar surface area (TPSA) is 12.0 Å². The van der Waals surface area contributed by atoms with Gasteiger partial charge < -0.3 is 5.32 Å². The van der Waals surface area contributed by atoms with Crippen LogP contribution in [0.3, 0.4) is 0 Å². The normalized spacial score (nSPS) is 29.6. The molecule has 0 aromatic rings. The molecule has 1 heterocycles. The van der Waals surface area contributed by atoms with Crippen molar-refractivity contribution in [2.24, 2.45) is 11.8 Å². The van der Waals surface area contributed by atoms with E-state index in [-0.39, 0.29) is 0 Å². The summed E-state index contributed by atoms with van der Waals surface area (Å²) in [5.41, 5.74) is 0. The fraction of sp³-hybridized carbons (Fsp3) is 1.00. The Hall–Kier alpha value is 0.310. The summed E-state index contributed by atoms with van der Waals surface area (Å²) in [7, 11) is 0. The van der Waals surface area contributed by atoms with Crippen molar-refractivity contribution in [3.05, 3.63) is 0 Å². The number of hydrogen-bond donors (Lipinski definition) is 1. The van der Waals surface area contributed by atoms with Crippen molar-refractivity contribution in [1.82, 2.24) is 5.32 Å². The molecule has 0 amide bonds. The third kappa shape index (κ3) is 3.47. The molecule has 82 valence electrons. The van der Waals surface area contributed by atoms with Crippen LogP contribution in [0.1, 0.15) is 38.5 Å². The second-order valence-corrected chi connectivity index (χ2v) is 5.98. The smallest absolute Gasteiger partial charge is 0.00126 e. The molecule has 1 saturated heterocycles. The highest BCUT2D eigenvalue weighted by molar-refractivity contribution is 7.99. The van der Waals surface area contributed by atoms with Crippen molar-refractivity contribution in [2.75, 3.05) is 24.6 Å². The average Bonchev–Trinajstić information content (AvgIpc) is 2.72. The van der Waals surface area contributed by atoms with Crippen LogP contribution in [0.2, 0.25) is 0 Å². The van der Waals surface area contributed by atoms with Crippen LogP contribution in [0.25, 0.3) is 0 Å². The third-order valence-corrected chi connectivity index (χ3v) is 5.00. The summed E-state index contributed by atoms with van der Waals surface area (Å²) in [6.45, 7) is 2.53. The molecular formula is C12H23NS. The highest BCUT2D eigenvalue weighted by Gasteiger charge is 2.17. The predicted octanol–water partition coefficient (Wildman–Crippen LogP) is 2.91. The fourth-order valence-corrected chi connectivity index (χ4v) is 4.07. The molecule has 14 heavy (non-hydrogen) atoms.